The van der Waals surface area contributed by atoms with Crippen molar-refractivity contribution in [3.05, 3.63) is 85.1 Å². The maximum Gasteiger partial charge on any atom is 0.306 e. The van der Waals surface area contributed by atoms with Crippen LogP contribution < -0.4 is 0 Å². The first-order valence-corrected chi connectivity index (χ1v) is 34.1. The summed E-state index contributed by atoms with van der Waals surface area (Å²) in [5.41, 5.74) is 0. The highest BCUT2D eigenvalue weighted by molar-refractivity contribution is 5.71. The highest BCUT2D eigenvalue weighted by atomic mass is 16.6. The van der Waals surface area contributed by atoms with E-state index < -0.39 is 6.10 Å². The van der Waals surface area contributed by atoms with Gasteiger partial charge >= 0.3 is 17.9 Å². The summed E-state index contributed by atoms with van der Waals surface area (Å²) >= 11 is 0. The molecule has 0 heterocycles. The number of unbranched alkanes of at least 4 members (excludes halogenated alkanes) is 37. The Balaban J connectivity index is 4.19. The zero-order chi connectivity index (χ0) is 57.1. The third-order valence-electron chi connectivity index (χ3n) is 14.8. The standard InChI is InChI=1S/C73H128O6/c1-4-7-10-13-16-19-22-24-26-28-30-31-32-33-34-35-36-37-38-39-40-41-43-44-46-48-51-54-57-60-63-66-72(75)78-69-70(68-77-71(74)65-62-59-56-53-50-21-18-15-12-9-6-3)79-73(76)67-64-61-58-55-52-49-47-45-42-29-27-25-23-20-17-14-11-8-5-2/h15,17-18,20,22,24-25,27-28,30,32-33,42,45,70H,4-14,16,19,21,23,26,29,31,34-41,43-44,46-69H2,1-3H3/b18-15-,20-17-,24-22-,27-25-,30-28-,33-32-,45-42-. The van der Waals surface area contributed by atoms with E-state index in [2.05, 4.69) is 106 Å². The van der Waals surface area contributed by atoms with E-state index in [1.54, 1.807) is 0 Å². The van der Waals surface area contributed by atoms with Gasteiger partial charge in [0.2, 0.25) is 0 Å². The smallest absolute Gasteiger partial charge is 0.306 e. The fourth-order valence-electron chi connectivity index (χ4n) is 9.68. The van der Waals surface area contributed by atoms with E-state index in [1.807, 2.05) is 0 Å². The number of allylic oxidation sites excluding steroid dienone is 14. The van der Waals surface area contributed by atoms with Crippen molar-refractivity contribution in [3.8, 4) is 0 Å². The molecule has 456 valence electrons. The van der Waals surface area contributed by atoms with Crippen LogP contribution in [-0.2, 0) is 28.6 Å². The van der Waals surface area contributed by atoms with Gasteiger partial charge in [0, 0.05) is 19.3 Å². The molecule has 0 radical (unpaired) electrons. The molecular formula is C73H128O6. The lowest BCUT2D eigenvalue weighted by Gasteiger charge is -2.18. The molecule has 0 aliphatic heterocycles. The van der Waals surface area contributed by atoms with Gasteiger partial charge in [-0.05, 0) is 116 Å². The second-order valence-electron chi connectivity index (χ2n) is 22.7. The monoisotopic (exact) mass is 1100 g/mol. The Hall–Kier alpha value is -3.41. The first kappa shape index (κ1) is 75.6. The van der Waals surface area contributed by atoms with Gasteiger partial charge in [0.15, 0.2) is 6.10 Å². The fourth-order valence-corrected chi connectivity index (χ4v) is 9.68. The van der Waals surface area contributed by atoms with Crippen LogP contribution in [0.5, 0.6) is 0 Å². The van der Waals surface area contributed by atoms with Crippen molar-refractivity contribution in [2.45, 2.75) is 348 Å². The number of rotatable bonds is 62. The summed E-state index contributed by atoms with van der Waals surface area (Å²) < 4.78 is 16.9. The molecule has 0 saturated carbocycles. The number of carbonyl (C=O) groups excluding carboxylic acids is 3. The van der Waals surface area contributed by atoms with Gasteiger partial charge in [-0.2, -0.15) is 0 Å². The SMILES string of the molecule is CCCC/C=C\CCCCCCCC(=O)OCC(COC(=O)CCCCCCCCCCCCCCCCCC/C=C\C/C=C\C/C=C\CCCCCCC)OC(=O)CCCCCCCC/C=C\C/C=C\C/C=C\CCCCC. The highest BCUT2D eigenvalue weighted by Crippen LogP contribution is 2.17. The molecular weight excluding hydrogens is 973 g/mol. The predicted octanol–water partition coefficient (Wildman–Crippen LogP) is 23.4. The Kier molecular flexibility index (Phi) is 64.2. The normalized spacial score (nSPS) is 12.6. The Labute approximate surface area is 490 Å². The molecule has 0 rings (SSSR count). The van der Waals surface area contributed by atoms with Crippen LogP contribution in [0, 0.1) is 0 Å². The molecule has 0 bridgehead atoms. The third kappa shape index (κ3) is 65.3. The van der Waals surface area contributed by atoms with Crippen LogP contribution in [0.4, 0.5) is 0 Å². The van der Waals surface area contributed by atoms with Crippen LogP contribution >= 0.6 is 0 Å². The molecule has 0 fully saturated rings. The number of esters is 3. The Morgan fingerprint density at radius 1 is 0.253 bits per heavy atom. The van der Waals surface area contributed by atoms with E-state index >= 15 is 0 Å². The van der Waals surface area contributed by atoms with E-state index in [0.29, 0.717) is 19.3 Å². The highest BCUT2D eigenvalue weighted by Gasteiger charge is 2.19. The van der Waals surface area contributed by atoms with Crippen molar-refractivity contribution in [1.29, 1.82) is 0 Å². The quantitative estimate of drug-likeness (QED) is 0.0261. The summed E-state index contributed by atoms with van der Waals surface area (Å²) in [6.07, 6.45) is 88.9. The molecule has 6 nitrogen and oxygen atoms in total. The van der Waals surface area contributed by atoms with Crippen LogP contribution in [0.3, 0.4) is 0 Å². The Morgan fingerprint density at radius 3 is 0.785 bits per heavy atom. The van der Waals surface area contributed by atoms with Crippen molar-refractivity contribution >= 4 is 17.9 Å². The molecule has 0 aromatic carbocycles. The molecule has 79 heavy (non-hydrogen) atoms. The lowest BCUT2D eigenvalue weighted by Crippen LogP contribution is -2.30. The summed E-state index contributed by atoms with van der Waals surface area (Å²) in [6.45, 7) is 6.58. The zero-order valence-corrected chi connectivity index (χ0v) is 52.4. The van der Waals surface area contributed by atoms with Crippen LogP contribution in [0.15, 0.2) is 85.1 Å². The van der Waals surface area contributed by atoms with Gasteiger partial charge in [-0.25, -0.2) is 0 Å². The molecule has 0 aromatic heterocycles. The second kappa shape index (κ2) is 67.1. The zero-order valence-electron chi connectivity index (χ0n) is 52.4. The fraction of sp³-hybridized carbons (Fsp3) is 0.767. The van der Waals surface area contributed by atoms with E-state index in [1.165, 1.54) is 199 Å². The van der Waals surface area contributed by atoms with E-state index in [4.69, 9.17) is 14.2 Å². The molecule has 0 amide bonds. The molecule has 1 unspecified atom stereocenters. The first-order valence-electron chi connectivity index (χ1n) is 34.1. The largest absolute Gasteiger partial charge is 0.462 e. The first-order chi connectivity index (χ1) is 39.0. The molecule has 0 aliphatic rings. The minimum absolute atomic E-state index is 0.0825. The summed E-state index contributed by atoms with van der Waals surface area (Å²) in [6, 6.07) is 0. The number of hydrogen-bond donors (Lipinski definition) is 0. The molecule has 6 heteroatoms. The lowest BCUT2D eigenvalue weighted by molar-refractivity contribution is -0.167. The summed E-state index contributed by atoms with van der Waals surface area (Å²) in [4.78, 5) is 38.3. The van der Waals surface area contributed by atoms with Gasteiger partial charge in [-0.15, -0.1) is 0 Å². The molecule has 0 aliphatic carbocycles. The topological polar surface area (TPSA) is 78.9 Å². The van der Waals surface area contributed by atoms with Gasteiger partial charge in [-0.1, -0.05) is 292 Å². The van der Waals surface area contributed by atoms with Gasteiger partial charge in [0.05, 0.1) is 0 Å². The molecule has 0 saturated heterocycles. The molecule has 1 atom stereocenters. The lowest BCUT2D eigenvalue weighted by atomic mass is 10.0. The van der Waals surface area contributed by atoms with Gasteiger partial charge in [-0.3, -0.25) is 14.4 Å². The summed E-state index contributed by atoms with van der Waals surface area (Å²) in [7, 11) is 0. The Bertz CT molecular complexity index is 1500. The van der Waals surface area contributed by atoms with E-state index in [-0.39, 0.29) is 31.1 Å². The maximum atomic E-state index is 12.9. The van der Waals surface area contributed by atoms with Crippen LogP contribution in [0.1, 0.15) is 342 Å². The number of carbonyl (C=O) groups is 3. The average molecular weight is 1100 g/mol. The average Bonchev–Trinajstić information content (AvgIpc) is 3.45. The minimum atomic E-state index is -0.787. The number of hydrogen-bond acceptors (Lipinski definition) is 6. The van der Waals surface area contributed by atoms with Gasteiger partial charge in [0.1, 0.15) is 13.2 Å². The van der Waals surface area contributed by atoms with Crippen molar-refractivity contribution in [3.63, 3.8) is 0 Å². The van der Waals surface area contributed by atoms with Crippen molar-refractivity contribution < 1.29 is 28.6 Å². The molecule has 0 spiro atoms. The molecule has 0 N–H and O–H groups in total. The number of ether oxygens (including phenoxy) is 3. The van der Waals surface area contributed by atoms with Crippen molar-refractivity contribution in [2.24, 2.45) is 0 Å². The van der Waals surface area contributed by atoms with Crippen LogP contribution in [0.2, 0.25) is 0 Å². The van der Waals surface area contributed by atoms with Crippen molar-refractivity contribution in [2.75, 3.05) is 13.2 Å². The van der Waals surface area contributed by atoms with Crippen LogP contribution in [-0.4, -0.2) is 37.2 Å². The summed E-state index contributed by atoms with van der Waals surface area (Å²) in [5.74, 6) is -0.893. The van der Waals surface area contributed by atoms with E-state index in [9.17, 15) is 14.4 Å². The Morgan fingerprint density at radius 2 is 0.468 bits per heavy atom. The van der Waals surface area contributed by atoms with Crippen molar-refractivity contribution in [1.82, 2.24) is 0 Å². The minimum Gasteiger partial charge on any atom is -0.462 e. The van der Waals surface area contributed by atoms with Crippen LogP contribution in [0.25, 0.3) is 0 Å². The summed E-state index contributed by atoms with van der Waals surface area (Å²) in [5, 5.41) is 0. The third-order valence-corrected chi connectivity index (χ3v) is 14.8. The molecule has 0 aromatic rings. The second-order valence-corrected chi connectivity index (χ2v) is 22.7. The maximum absolute atomic E-state index is 12.9. The van der Waals surface area contributed by atoms with Gasteiger partial charge < -0.3 is 14.2 Å². The van der Waals surface area contributed by atoms with Gasteiger partial charge in [0.25, 0.3) is 0 Å². The van der Waals surface area contributed by atoms with E-state index in [0.717, 1.165) is 103 Å². The predicted molar refractivity (Wildman–Crippen MR) is 344 cm³/mol.